The minimum atomic E-state index is -0.559. The molecule has 0 saturated carbocycles. The van der Waals surface area contributed by atoms with Crippen LogP contribution < -0.4 is 19.7 Å². The summed E-state index contributed by atoms with van der Waals surface area (Å²) in [7, 11) is 1.50. The molecule has 0 spiro atoms. The molecule has 1 atom stereocenters. The highest BCUT2D eigenvalue weighted by molar-refractivity contribution is 6.12. The number of hydrogen-bond donors (Lipinski definition) is 1. The first-order valence-corrected chi connectivity index (χ1v) is 9.24. The Kier molecular flexibility index (Phi) is 5.22. The number of nitrogens with one attached hydrogen (secondary N) is 1. The summed E-state index contributed by atoms with van der Waals surface area (Å²) in [6.07, 6.45) is -0.559. The van der Waals surface area contributed by atoms with Crippen LogP contribution in [0.3, 0.4) is 0 Å². The van der Waals surface area contributed by atoms with E-state index in [9.17, 15) is 9.18 Å². The van der Waals surface area contributed by atoms with E-state index >= 15 is 0 Å². The van der Waals surface area contributed by atoms with Gasteiger partial charge in [0.1, 0.15) is 18.1 Å². The van der Waals surface area contributed by atoms with Gasteiger partial charge in [0.25, 0.3) is 5.91 Å². The summed E-state index contributed by atoms with van der Waals surface area (Å²) in [6, 6.07) is 20.2. The van der Waals surface area contributed by atoms with Gasteiger partial charge >= 0.3 is 0 Å². The molecule has 3 aromatic carbocycles. The maximum atomic E-state index is 13.5. The molecule has 3 aromatic rings. The lowest BCUT2D eigenvalue weighted by atomic mass is 10.0. The Bertz CT molecular complexity index is 1130. The zero-order chi connectivity index (χ0) is 21.1. The molecule has 0 saturated heterocycles. The number of amides is 1. The van der Waals surface area contributed by atoms with Crippen molar-refractivity contribution in [2.45, 2.75) is 6.17 Å². The van der Waals surface area contributed by atoms with Crippen LogP contribution in [0.5, 0.6) is 11.5 Å². The second-order valence-electron chi connectivity index (χ2n) is 6.60. The Morgan fingerprint density at radius 2 is 1.87 bits per heavy atom. The maximum Gasteiger partial charge on any atom is 0.262 e. The Morgan fingerprint density at radius 1 is 1.10 bits per heavy atom. The molecule has 0 aromatic heterocycles. The van der Waals surface area contributed by atoms with E-state index in [0.717, 1.165) is 5.56 Å². The Morgan fingerprint density at radius 3 is 2.60 bits per heavy atom. The molecule has 1 amide bonds. The predicted octanol–water partition coefficient (Wildman–Crippen LogP) is 4.51. The van der Waals surface area contributed by atoms with Crippen molar-refractivity contribution in [2.75, 3.05) is 23.9 Å². The van der Waals surface area contributed by atoms with Crippen LogP contribution in [-0.4, -0.2) is 19.6 Å². The molecule has 1 aliphatic rings. The van der Waals surface area contributed by atoms with Gasteiger partial charge in [-0.1, -0.05) is 18.2 Å². The molecule has 6 nitrogen and oxygen atoms in total. The van der Waals surface area contributed by atoms with Gasteiger partial charge < -0.3 is 14.8 Å². The van der Waals surface area contributed by atoms with Crippen molar-refractivity contribution < 1.29 is 18.7 Å². The molecule has 150 valence electrons. The minimum Gasteiger partial charge on any atom is -0.493 e. The quantitative estimate of drug-likeness (QED) is 0.679. The molecule has 0 bridgehead atoms. The summed E-state index contributed by atoms with van der Waals surface area (Å²) in [5.74, 6) is 0.284. The molecule has 0 radical (unpaired) electrons. The number of methoxy groups -OCH3 is 1. The number of carbonyl (C=O) groups is 1. The van der Waals surface area contributed by atoms with Gasteiger partial charge in [-0.2, -0.15) is 5.26 Å². The van der Waals surface area contributed by atoms with E-state index in [4.69, 9.17) is 14.7 Å². The van der Waals surface area contributed by atoms with Crippen LogP contribution >= 0.6 is 0 Å². The summed E-state index contributed by atoms with van der Waals surface area (Å²) >= 11 is 0. The fourth-order valence-corrected chi connectivity index (χ4v) is 3.44. The molecule has 1 heterocycles. The third-order valence-corrected chi connectivity index (χ3v) is 4.83. The third kappa shape index (κ3) is 3.51. The van der Waals surface area contributed by atoms with Crippen LogP contribution in [0.25, 0.3) is 0 Å². The normalized spacial score (nSPS) is 15.0. The fourth-order valence-electron chi connectivity index (χ4n) is 3.44. The van der Waals surface area contributed by atoms with Crippen LogP contribution in [0.4, 0.5) is 15.8 Å². The molecule has 1 N–H and O–H groups in total. The largest absolute Gasteiger partial charge is 0.493 e. The van der Waals surface area contributed by atoms with Gasteiger partial charge in [-0.3, -0.25) is 9.69 Å². The highest BCUT2D eigenvalue weighted by Crippen LogP contribution is 2.39. The standard InChI is InChI=1S/C23H18FN3O3/c1-29-21-14-15(6-11-20(21)30-13-12-25)22-26-19-5-3-2-4-18(19)23(28)27(22)17-9-7-16(24)8-10-17/h2-11,14,22,26H,13H2,1H3/t22-/m0/s1. The monoisotopic (exact) mass is 403 g/mol. The van der Waals surface area contributed by atoms with E-state index in [1.165, 1.54) is 19.2 Å². The summed E-state index contributed by atoms with van der Waals surface area (Å²) < 4.78 is 24.3. The SMILES string of the molecule is COc1cc([C@H]2Nc3ccccc3C(=O)N2c2ccc(F)cc2)ccc1OCC#N. The van der Waals surface area contributed by atoms with Gasteiger partial charge in [-0.15, -0.1) is 0 Å². The van der Waals surface area contributed by atoms with Gasteiger partial charge in [0.2, 0.25) is 0 Å². The van der Waals surface area contributed by atoms with Crippen molar-refractivity contribution in [3.63, 3.8) is 0 Å². The lowest BCUT2D eigenvalue weighted by Gasteiger charge is -2.38. The zero-order valence-corrected chi connectivity index (χ0v) is 16.1. The van der Waals surface area contributed by atoms with Crippen molar-refractivity contribution in [3.8, 4) is 17.6 Å². The second kappa shape index (κ2) is 8.13. The van der Waals surface area contributed by atoms with E-state index in [2.05, 4.69) is 5.32 Å². The first kappa shape index (κ1) is 19.3. The molecule has 0 unspecified atom stereocenters. The van der Waals surface area contributed by atoms with E-state index < -0.39 is 6.17 Å². The van der Waals surface area contributed by atoms with Crippen molar-refractivity contribution in [2.24, 2.45) is 0 Å². The zero-order valence-electron chi connectivity index (χ0n) is 16.1. The van der Waals surface area contributed by atoms with Crippen molar-refractivity contribution in [1.29, 1.82) is 5.26 Å². The van der Waals surface area contributed by atoms with Crippen LogP contribution in [-0.2, 0) is 0 Å². The van der Waals surface area contributed by atoms with Crippen LogP contribution in [0.15, 0.2) is 66.7 Å². The van der Waals surface area contributed by atoms with Gasteiger partial charge in [0, 0.05) is 11.4 Å². The van der Waals surface area contributed by atoms with Crippen LogP contribution in [0, 0.1) is 17.1 Å². The van der Waals surface area contributed by atoms with Gasteiger partial charge in [-0.25, -0.2) is 4.39 Å². The summed E-state index contributed by atoms with van der Waals surface area (Å²) in [5.41, 5.74) is 2.52. The first-order chi connectivity index (χ1) is 14.6. The van der Waals surface area contributed by atoms with Crippen LogP contribution in [0.1, 0.15) is 22.1 Å². The number of nitrogens with zero attached hydrogens (tertiary/aromatic N) is 2. The maximum absolute atomic E-state index is 13.5. The highest BCUT2D eigenvalue weighted by Gasteiger charge is 2.34. The number of hydrogen-bond acceptors (Lipinski definition) is 5. The number of nitriles is 1. The molecule has 7 heteroatoms. The molecule has 0 fully saturated rings. The van der Waals surface area contributed by atoms with Crippen molar-refractivity contribution in [1.82, 2.24) is 0 Å². The van der Waals surface area contributed by atoms with Crippen molar-refractivity contribution in [3.05, 3.63) is 83.7 Å². The number of halogens is 1. The summed E-state index contributed by atoms with van der Waals surface area (Å²) in [6.45, 7) is -0.106. The average Bonchev–Trinajstić information content (AvgIpc) is 2.78. The summed E-state index contributed by atoms with van der Waals surface area (Å²) in [5, 5.41) is 12.1. The molecule has 4 rings (SSSR count). The van der Waals surface area contributed by atoms with Gasteiger partial charge in [-0.05, 0) is 54.1 Å². The lowest BCUT2D eigenvalue weighted by Crippen LogP contribution is -2.43. The third-order valence-electron chi connectivity index (χ3n) is 4.83. The van der Waals surface area contributed by atoms with Crippen LogP contribution in [0.2, 0.25) is 0 Å². The number of benzene rings is 3. The number of anilines is 2. The van der Waals surface area contributed by atoms with Gasteiger partial charge in [0.15, 0.2) is 18.1 Å². The first-order valence-electron chi connectivity index (χ1n) is 9.24. The molecule has 0 aliphatic carbocycles. The van der Waals surface area contributed by atoms with Gasteiger partial charge in [0.05, 0.1) is 12.7 Å². The minimum absolute atomic E-state index is 0.106. The van der Waals surface area contributed by atoms with Crippen molar-refractivity contribution >= 4 is 17.3 Å². The number of rotatable bonds is 5. The highest BCUT2D eigenvalue weighted by atomic mass is 19.1. The molecular weight excluding hydrogens is 385 g/mol. The number of carbonyl (C=O) groups excluding carboxylic acids is 1. The number of ether oxygens (including phenoxy) is 2. The molecule has 30 heavy (non-hydrogen) atoms. The van der Waals surface area contributed by atoms with E-state index in [1.54, 1.807) is 47.4 Å². The summed E-state index contributed by atoms with van der Waals surface area (Å²) in [4.78, 5) is 14.9. The van der Waals surface area contributed by atoms with E-state index in [1.807, 2.05) is 18.2 Å². The average molecular weight is 403 g/mol. The topological polar surface area (TPSA) is 74.6 Å². The van der Waals surface area contributed by atoms with E-state index in [-0.39, 0.29) is 18.3 Å². The Hall–Kier alpha value is -4.05. The second-order valence-corrected chi connectivity index (χ2v) is 6.60. The Labute approximate surface area is 173 Å². The lowest BCUT2D eigenvalue weighted by molar-refractivity contribution is 0.0975. The molecular formula is C23H18FN3O3. The van der Waals surface area contributed by atoms with E-state index in [0.29, 0.717) is 28.4 Å². The predicted molar refractivity (Wildman–Crippen MR) is 110 cm³/mol. The molecule has 1 aliphatic heterocycles. The number of para-hydroxylation sites is 1. The Balaban J connectivity index is 1.80. The fraction of sp³-hybridized carbons (Fsp3) is 0.130. The smallest absolute Gasteiger partial charge is 0.262 e. The number of fused-ring (bicyclic) bond motifs is 1.